The number of nitrogen functional groups attached to an aromatic ring is 1. The van der Waals surface area contributed by atoms with Crippen LogP contribution >= 0.6 is 11.3 Å². The Labute approximate surface area is 111 Å². The number of aromatic nitrogens is 4. The van der Waals surface area contributed by atoms with Crippen molar-refractivity contribution in [1.82, 2.24) is 25.3 Å². The first-order valence-electron chi connectivity index (χ1n) is 5.19. The van der Waals surface area contributed by atoms with Gasteiger partial charge in [0, 0.05) is 11.9 Å². The van der Waals surface area contributed by atoms with Crippen molar-refractivity contribution in [2.75, 3.05) is 12.3 Å². The Morgan fingerprint density at radius 3 is 2.84 bits per heavy atom. The molecule has 0 aliphatic carbocycles. The van der Waals surface area contributed by atoms with Gasteiger partial charge in [-0.3, -0.25) is 4.79 Å². The highest BCUT2D eigenvalue weighted by atomic mass is 32.1. The van der Waals surface area contributed by atoms with E-state index in [0.29, 0.717) is 11.7 Å². The van der Waals surface area contributed by atoms with E-state index < -0.39 is 5.97 Å². The summed E-state index contributed by atoms with van der Waals surface area (Å²) in [5.41, 5.74) is 5.53. The van der Waals surface area contributed by atoms with Crippen molar-refractivity contribution in [2.45, 2.75) is 6.54 Å². The molecule has 0 fully saturated rings. The van der Waals surface area contributed by atoms with E-state index in [0.717, 1.165) is 0 Å². The molecule has 0 radical (unpaired) electrons. The van der Waals surface area contributed by atoms with Crippen molar-refractivity contribution in [3.63, 3.8) is 0 Å². The molecule has 9 nitrogen and oxygen atoms in total. The number of nitrogens with two attached hydrogens (primary N) is 1. The molecular weight excluding hydrogens is 272 g/mol. The topological polar surface area (TPSA) is 136 Å². The minimum absolute atomic E-state index is 0.140. The van der Waals surface area contributed by atoms with E-state index in [-0.39, 0.29) is 23.8 Å². The monoisotopic (exact) mass is 282 g/mol. The molecule has 0 bridgehead atoms. The molecule has 0 aromatic carbocycles. The van der Waals surface area contributed by atoms with Gasteiger partial charge in [-0.1, -0.05) is 5.21 Å². The van der Waals surface area contributed by atoms with Crippen LogP contribution in [0, 0.1) is 0 Å². The highest BCUT2D eigenvalue weighted by molar-refractivity contribution is 7.13. The van der Waals surface area contributed by atoms with Crippen molar-refractivity contribution in [3.05, 3.63) is 23.0 Å². The van der Waals surface area contributed by atoms with Gasteiger partial charge in [0.2, 0.25) is 0 Å². The van der Waals surface area contributed by atoms with Gasteiger partial charge in [-0.2, -0.15) is 0 Å². The predicted molar refractivity (Wildman–Crippen MR) is 65.8 cm³/mol. The zero-order chi connectivity index (χ0) is 13.8. The van der Waals surface area contributed by atoms with Crippen molar-refractivity contribution in [1.29, 1.82) is 0 Å². The molecule has 4 N–H and O–H groups in total. The molecule has 0 aliphatic rings. The third-order valence-corrected chi connectivity index (χ3v) is 2.81. The van der Waals surface area contributed by atoms with E-state index in [4.69, 9.17) is 10.8 Å². The molecule has 0 unspecified atom stereocenters. The van der Waals surface area contributed by atoms with Gasteiger partial charge in [-0.25, -0.2) is 14.5 Å². The molecule has 2 rings (SSSR count). The summed E-state index contributed by atoms with van der Waals surface area (Å²) in [6.07, 6.45) is 1.29. The molecule has 10 heteroatoms. The number of hydrogen-bond acceptors (Lipinski definition) is 7. The number of nitrogens with zero attached hydrogens (tertiary/aromatic N) is 4. The summed E-state index contributed by atoms with van der Waals surface area (Å²) in [5, 5.41) is 20.2. The number of hydrogen-bond donors (Lipinski definition) is 3. The van der Waals surface area contributed by atoms with Crippen LogP contribution in [0.1, 0.15) is 21.0 Å². The van der Waals surface area contributed by atoms with E-state index in [2.05, 4.69) is 20.6 Å². The number of carboxylic acid groups (broad SMARTS) is 1. The number of nitrogens with one attached hydrogen (secondary N) is 1. The zero-order valence-corrected chi connectivity index (χ0v) is 10.4. The van der Waals surface area contributed by atoms with Crippen molar-refractivity contribution in [2.24, 2.45) is 0 Å². The maximum atomic E-state index is 11.6. The molecule has 2 aromatic heterocycles. The molecule has 19 heavy (non-hydrogen) atoms. The molecule has 100 valence electrons. The van der Waals surface area contributed by atoms with Crippen LogP contribution in [0.2, 0.25) is 0 Å². The molecule has 1 amide bonds. The molecule has 0 atom stereocenters. The average molecular weight is 282 g/mol. The lowest BCUT2D eigenvalue weighted by atomic mass is 10.4. The minimum atomic E-state index is -1.15. The second-order valence-electron chi connectivity index (χ2n) is 3.50. The van der Waals surface area contributed by atoms with E-state index in [1.165, 1.54) is 22.2 Å². The van der Waals surface area contributed by atoms with Crippen LogP contribution in [0.5, 0.6) is 0 Å². The fourth-order valence-corrected chi connectivity index (χ4v) is 1.82. The standard InChI is InChI=1S/C9H10N6O3S/c10-9-12-6(4-19-9)7(16)11-1-2-15-3-5(8(17)18)13-14-15/h3-4H,1-2H2,(H2,10,12)(H,11,16)(H,17,18). The molecule has 2 aromatic rings. The first kappa shape index (κ1) is 13.0. The van der Waals surface area contributed by atoms with Gasteiger partial charge in [0.1, 0.15) is 5.69 Å². The SMILES string of the molecule is Nc1nc(C(=O)NCCn2cc(C(=O)O)nn2)cs1. The van der Waals surface area contributed by atoms with E-state index in [1.54, 1.807) is 5.38 Å². The fraction of sp³-hybridized carbons (Fsp3) is 0.222. The normalized spacial score (nSPS) is 10.3. The van der Waals surface area contributed by atoms with Crippen molar-refractivity contribution < 1.29 is 14.7 Å². The van der Waals surface area contributed by atoms with Crippen LogP contribution in [-0.4, -0.2) is 43.5 Å². The number of carbonyl (C=O) groups excluding carboxylic acids is 1. The maximum Gasteiger partial charge on any atom is 0.358 e. The first-order chi connectivity index (χ1) is 9.06. The average Bonchev–Trinajstić information content (AvgIpc) is 2.98. The van der Waals surface area contributed by atoms with Crippen LogP contribution in [0.4, 0.5) is 5.13 Å². The summed E-state index contributed by atoms with van der Waals surface area (Å²) < 4.78 is 1.33. The predicted octanol–water partition coefficient (Wildman–Crippen LogP) is -0.555. The Hall–Kier alpha value is -2.49. The Morgan fingerprint density at radius 2 is 2.26 bits per heavy atom. The summed E-state index contributed by atoms with van der Waals surface area (Å²) in [6.45, 7) is 0.588. The van der Waals surface area contributed by atoms with Gasteiger partial charge in [-0.15, -0.1) is 16.4 Å². The van der Waals surface area contributed by atoms with Gasteiger partial charge >= 0.3 is 5.97 Å². The first-order valence-corrected chi connectivity index (χ1v) is 6.07. The number of thiazole rings is 1. The summed E-state index contributed by atoms with van der Waals surface area (Å²) in [6, 6.07) is 0. The Morgan fingerprint density at radius 1 is 1.47 bits per heavy atom. The molecule has 0 aliphatic heterocycles. The van der Waals surface area contributed by atoms with Crippen LogP contribution in [-0.2, 0) is 6.54 Å². The third kappa shape index (κ3) is 3.25. The quantitative estimate of drug-likeness (QED) is 0.669. The van der Waals surface area contributed by atoms with Crippen LogP contribution in [0.15, 0.2) is 11.6 Å². The molecular formula is C9H10N6O3S. The van der Waals surface area contributed by atoms with Gasteiger partial charge in [0.25, 0.3) is 5.91 Å². The summed E-state index contributed by atoms with van der Waals surface area (Å²) in [5.74, 6) is -1.49. The smallest absolute Gasteiger partial charge is 0.358 e. The molecule has 2 heterocycles. The van der Waals surface area contributed by atoms with Crippen LogP contribution < -0.4 is 11.1 Å². The highest BCUT2D eigenvalue weighted by Crippen LogP contribution is 2.10. The zero-order valence-electron chi connectivity index (χ0n) is 9.61. The van der Waals surface area contributed by atoms with Crippen molar-refractivity contribution in [3.8, 4) is 0 Å². The number of amides is 1. The van der Waals surface area contributed by atoms with E-state index in [1.807, 2.05) is 0 Å². The highest BCUT2D eigenvalue weighted by Gasteiger charge is 2.10. The number of carbonyl (C=O) groups is 2. The fourth-order valence-electron chi connectivity index (χ4n) is 1.27. The minimum Gasteiger partial charge on any atom is -0.476 e. The number of aromatic carboxylic acids is 1. The lowest BCUT2D eigenvalue weighted by Crippen LogP contribution is -2.27. The Balaban J connectivity index is 1.83. The molecule has 0 spiro atoms. The van der Waals surface area contributed by atoms with Gasteiger partial charge in [-0.05, 0) is 0 Å². The van der Waals surface area contributed by atoms with Gasteiger partial charge < -0.3 is 16.2 Å². The van der Waals surface area contributed by atoms with Crippen LogP contribution in [0.3, 0.4) is 0 Å². The Bertz CT molecular complexity index is 607. The Kier molecular flexibility index (Phi) is 3.71. The van der Waals surface area contributed by atoms with E-state index >= 15 is 0 Å². The lowest BCUT2D eigenvalue weighted by Gasteiger charge is -2.02. The van der Waals surface area contributed by atoms with Crippen molar-refractivity contribution >= 4 is 28.3 Å². The largest absolute Gasteiger partial charge is 0.476 e. The van der Waals surface area contributed by atoms with Gasteiger partial charge in [0.15, 0.2) is 10.8 Å². The van der Waals surface area contributed by atoms with Gasteiger partial charge in [0.05, 0.1) is 12.7 Å². The summed E-state index contributed by atoms with van der Waals surface area (Å²) >= 11 is 1.18. The van der Waals surface area contributed by atoms with E-state index in [9.17, 15) is 9.59 Å². The van der Waals surface area contributed by atoms with Crippen LogP contribution in [0.25, 0.3) is 0 Å². The lowest BCUT2D eigenvalue weighted by molar-refractivity contribution is 0.0690. The molecule has 0 saturated heterocycles. The molecule has 0 saturated carbocycles. The number of rotatable bonds is 5. The second kappa shape index (κ2) is 5.44. The number of carboxylic acids is 1. The number of anilines is 1. The summed E-state index contributed by atoms with van der Waals surface area (Å²) in [7, 11) is 0. The second-order valence-corrected chi connectivity index (χ2v) is 4.39. The maximum absolute atomic E-state index is 11.6. The third-order valence-electron chi connectivity index (χ3n) is 2.14. The summed E-state index contributed by atoms with van der Waals surface area (Å²) in [4.78, 5) is 26.0.